The molecule has 0 unspecified atom stereocenters. The van der Waals surface area contributed by atoms with Crippen molar-refractivity contribution in [2.75, 3.05) is 19.7 Å². The number of halogens is 4. The van der Waals surface area contributed by atoms with Gasteiger partial charge in [0.05, 0.1) is 0 Å². The Morgan fingerprint density at radius 1 is 1.04 bits per heavy atom. The molecule has 1 aromatic carbocycles. The van der Waals surface area contributed by atoms with Crippen LogP contribution in [0.15, 0.2) is 24.3 Å². The molecule has 3 N–H and O–H groups in total. The predicted molar refractivity (Wildman–Crippen MR) is 91.6 cm³/mol. The molecule has 0 spiro atoms. The number of carbonyl (C=O) groups excluding carboxylic acids is 4. The van der Waals surface area contributed by atoms with Gasteiger partial charge in [-0.05, 0) is 30.7 Å². The fourth-order valence-corrected chi connectivity index (χ4v) is 1.87. The van der Waals surface area contributed by atoms with Crippen LogP contribution in [-0.2, 0) is 14.3 Å². The minimum absolute atomic E-state index is 0.117. The number of amides is 4. The second-order valence-electron chi connectivity index (χ2n) is 5.37. The molecule has 0 atom stereocenters. The molecule has 0 saturated heterocycles. The van der Waals surface area contributed by atoms with Crippen molar-refractivity contribution in [2.45, 2.75) is 19.0 Å². The highest BCUT2D eigenvalue weighted by Gasteiger charge is 2.28. The summed E-state index contributed by atoms with van der Waals surface area (Å²) in [5.41, 5.74) is 0.396. The van der Waals surface area contributed by atoms with Gasteiger partial charge in [-0.15, -0.1) is 0 Å². The third-order valence-electron chi connectivity index (χ3n) is 3.02. The topological polar surface area (TPSA) is 114 Å². The standard InChI is InChI=1S/C16H17ClF3N3O5/c17-11-5-3-10(4-6-11)14(26)21-7-1-2-13(25)28-8-12(24)23-15(27)22-9-16(18,19)20/h3-6H,1-2,7-9H2,(H,21,26)(H2,22,23,24,27). The maximum atomic E-state index is 11.9. The van der Waals surface area contributed by atoms with Crippen LogP contribution < -0.4 is 16.0 Å². The first-order chi connectivity index (χ1) is 13.1. The van der Waals surface area contributed by atoms with Crippen molar-refractivity contribution in [3.63, 3.8) is 0 Å². The quantitative estimate of drug-likeness (QED) is 0.435. The fraction of sp³-hybridized carbons (Fsp3) is 0.375. The average Bonchev–Trinajstić information content (AvgIpc) is 2.61. The van der Waals surface area contributed by atoms with Gasteiger partial charge in [-0.25, -0.2) is 4.79 Å². The van der Waals surface area contributed by atoms with Crippen LogP contribution >= 0.6 is 11.6 Å². The van der Waals surface area contributed by atoms with Gasteiger partial charge >= 0.3 is 18.2 Å². The minimum atomic E-state index is -4.62. The first kappa shape index (κ1) is 23.2. The smallest absolute Gasteiger partial charge is 0.405 e. The van der Waals surface area contributed by atoms with Crippen molar-refractivity contribution in [1.82, 2.24) is 16.0 Å². The molecule has 12 heteroatoms. The van der Waals surface area contributed by atoms with E-state index in [0.717, 1.165) is 0 Å². The molecular formula is C16H17ClF3N3O5. The number of hydrogen-bond acceptors (Lipinski definition) is 5. The Labute approximate surface area is 162 Å². The van der Waals surface area contributed by atoms with E-state index in [0.29, 0.717) is 10.6 Å². The average molecular weight is 424 g/mol. The van der Waals surface area contributed by atoms with E-state index < -0.39 is 37.2 Å². The van der Waals surface area contributed by atoms with Crippen molar-refractivity contribution in [3.8, 4) is 0 Å². The van der Waals surface area contributed by atoms with Crippen molar-refractivity contribution >= 4 is 35.4 Å². The zero-order valence-corrected chi connectivity index (χ0v) is 15.2. The summed E-state index contributed by atoms with van der Waals surface area (Å²) in [6.45, 7) is -2.26. The second kappa shape index (κ2) is 11.1. The number of nitrogens with one attached hydrogen (secondary N) is 3. The highest BCUT2D eigenvalue weighted by Crippen LogP contribution is 2.12. The van der Waals surface area contributed by atoms with Gasteiger partial charge in [0.1, 0.15) is 6.54 Å². The SMILES string of the molecule is O=C(COC(=O)CCCNC(=O)c1ccc(Cl)cc1)NC(=O)NCC(F)(F)F. The lowest BCUT2D eigenvalue weighted by atomic mass is 10.2. The van der Waals surface area contributed by atoms with Crippen molar-refractivity contribution in [1.29, 1.82) is 0 Å². The number of imide groups is 1. The molecule has 0 aliphatic rings. The van der Waals surface area contributed by atoms with Gasteiger partial charge in [-0.3, -0.25) is 19.7 Å². The maximum absolute atomic E-state index is 11.9. The summed E-state index contributed by atoms with van der Waals surface area (Å²) >= 11 is 5.71. The third-order valence-corrected chi connectivity index (χ3v) is 3.27. The molecule has 154 valence electrons. The number of alkyl halides is 3. The molecule has 1 rings (SSSR count). The zero-order chi connectivity index (χ0) is 21.2. The van der Waals surface area contributed by atoms with E-state index in [1.807, 2.05) is 0 Å². The van der Waals surface area contributed by atoms with Gasteiger partial charge in [0.15, 0.2) is 6.61 Å². The van der Waals surface area contributed by atoms with Gasteiger partial charge in [-0.2, -0.15) is 13.2 Å². The van der Waals surface area contributed by atoms with Crippen LogP contribution in [0.2, 0.25) is 5.02 Å². The number of ether oxygens (including phenoxy) is 1. The number of benzene rings is 1. The molecule has 8 nitrogen and oxygen atoms in total. The van der Waals surface area contributed by atoms with Crippen LogP contribution in [0.25, 0.3) is 0 Å². The molecule has 0 saturated carbocycles. The van der Waals surface area contributed by atoms with Crippen molar-refractivity contribution in [3.05, 3.63) is 34.9 Å². The van der Waals surface area contributed by atoms with Gasteiger partial charge in [0.2, 0.25) is 0 Å². The summed E-state index contributed by atoms with van der Waals surface area (Å²) in [5, 5.41) is 6.07. The molecule has 28 heavy (non-hydrogen) atoms. The van der Waals surface area contributed by atoms with E-state index in [1.165, 1.54) is 17.4 Å². The minimum Gasteiger partial charge on any atom is -0.456 e. The molecule has 0 aliphatic carbocycles. The summed E-state index contributed by atoms with van der Waals surface area (Å²) in [4.78, 5) is 45.6. The lowest BCUT2D eigenvalue weighted by Crippen LogP contribution is -2.44. The van der Waals surface area contributed by atoms with Gasteiger partial charge in [0.25, 0.3) is 11.8 Å². The molecule has 0 fully saturated rings. The van der Waals surface area contributed by atoms with E-state index in [4.69, 9.17) is 11.6 Å². The zero-order valence-electron chi connectivity index (χ0n) is 14.4. The van der Waals surface area contributed by atoms with E-state index in [1.54, 1.807) is 17.4 Å². The van der Waals surface area contributed by atoms with Crippen LogP contribution in [0.4, 0.5) is 18.0 Å². The molecule has 0 aromatic heterocycles. The summed E-state index contributed by atoms with van der Waals surface area (Å²) in [7, 11) is 0. The summed E-state index contributed by atoms with van der Waals surface area (Å²) in [6, 6.07) is 4.83. The Morgan fingerprint density at radius 3 is 2.29 bits per heavy atom. The largest absolute Gasteiger partial charge is 0.456 e. The number of hydrogen-bond donors (Lipinski definition) is 3. The number of esters is 1. The number of rotatable bonds is 8. The first-order valence-corrected chi connectivity index (χ1v) is 8.28. The van der Waals surface area contributed by atoms with E-state index in [-0.39, 0.29) is 25.3 Å². The van der Waals surface area contributed by atoms with E-state index in [2.05, 4.69) is 10.1 Å². The van der Waals surface area contributed by atoms with Crippen molar-refractivity contribution < 1.29 is 37.1 Å². The maximum Gasteiger partial charge on any atom is 0.405 e. The Bertz CT molecular complexity index is 710. The summed E-state index contributed by atoms with van der Waals surface area (Å²) in [5.74, 6) is -2.20. The predicted octanol–water partition coefficient (Wildman–Crippen LogP) is 1.78. The Morgan fingerprint density at radius 2 is 1.68 bits per heavy atom. The molecule has 0 bridgehead atoms. The highest BCUT2D eigenvalue weighted by molar-refractivity contribution is 6.30. The normalized spacial score (nSPS) is 10.7. The van der Waals surface area contributed by atoms with Gasteiger partial charge in [0, 0.05) is 23.6 Å². The first-order valence-electron chi connectivity index (χ1n) is 7.90. The fourth-order valence-electron chi connectivity index (χ4n) is 1.74. The lowest BCUT2D eigenvalue weighted by molar-refractivity contribution is -0.148. The molecule has 0 heterocycles. The van der Waals surface area contributed by atoms with E-state index in [9.17, 15) is 32.3 Å². The Kier molecular flexibility index (Phi) is 9.22. The third kappa shape index (κ3) is 10.4. The molecule has 1 aromatic rings. The Balaban J connectivity index is 2.16. The summed E-state index contributed by atoms with van der Waals surface area (Å²) < 4.78 is 40.2. The van der Waals surface area contributed by atoms with Crippen LogP contribution in [0.5, 0.6) is 0 Å². The number of urea groups is 1. The second-order valence-corrected chi connectivity index (χ2v) is 5.81. The van der Waals surface area contributed by atoms with Gasteiger partial charge < -0.3 is 15.4 Å². The van der Waals surface area contributed by atoms with Crippen LogP contribution in [0.1, 0.15) is 23.2 Å². The molecule has 0 radical (unpaired) electrons. The van der Waals surface area contributed by atoms with Gasteiger partial charge in [-0.1, -0.05) is 11.6 Å². The number of carbonyl (C=O) groups is 4. The van der Waals surface area contributed by atoms with Crippen molar-refractivity contribution in [2.24, 2.45) is 0 Å². The van der Waals surface area contributed by atoms with Crippen LogP contribution in [0.3, 0.4) is 0 Å². The lowest BCUT2D eigenvalue weighted by Gasteiger charge is -2.09. The van der Waals surface area contributed by atoms with Crippen LogP contribution in [-0.4, -0.2) is 49.7 Å². The van der Waals surface area contributed by atoms with Crippen LogP contribution in [0, 0.1) is 0 Å². The molecule has 4 amide bonds. The highest BCUT2D eigenvalue weighted by atomic mass is 35.5. The molecular weight excluding hydrogens is 407 g/mol. The van der Waals surface area contributed by atoms with E-state index >= 15 is 0 Å². The summed E-state index contributed by atoms with van der Waals surface area (Å²) in [6.07, 6.45) is -4.50. The molecule has 0 aliphatic heterocycles. The Hall–Kier alpha value is -2.82. The monoisotopic (exact) mass is 423 g/mol.